The molecule has 2 amide bonds. The molecule has 0 atom stereocenters. The molecular weight excluding hydrogens is 264 g/mol. The molecule has 1 aromatic heterocycles. The minimum atomic E-state index is -0.319. The SMILES string of the molecule is CCn1ncc(NC(=O)Nc2cccc(Cl)c2)c1C. The van der Waals surface area contributed by atoms with Crippen molar-refractivity contribution in [2.24, 2.45) is 0 Å². The third-order valence-corrected chi connectivity index (χ3v) is 2.97. The Balaban J connectivity index is 2.03. The molecule has 1 heterocycles. The number of nitrogens with one attached hydrogen (secondary N) is 2. The van der Waals surface area contributed by atoms with Crippen LogP contribution in [0, 0.1) is 6.92 Å². The van der Waals surface area contributed by atoms with Gasteiger partial charge in [-0.25, -0.2) is 4.79 Å². The number of nitrogens with zero attached hydrogens (tertiary/aromatic N) is 2. The van der Waals surface area contributed by atoms with Gasteiger partial charge in [0.1, 0.15) is 0 Å². The summed E-state index contributed by atoms with van der Waals surface area (Å²) in [5.74, 6) is 0. The van der Waals surface area contributed by atoms with E-state index >= 15 is 0 Å². The minimum Gasteiger partial charge on any atom is -0.308 e. The zero-order chi connectivity index (χ0) is 13.8. The van der Waals surface area contributed by atoms with E-state index in [1.54, 1.807) is 30.5 Å². The lowest BCUT2D eigenvalue weighted by atomic mass is 10.3. The van der Waals surface area contributed by atoms with E-state index in [4.69, 9.17) is 11.6 Å². The molecule has 6 heteroatoms. The Hall–Kier alpha value is -2.01. The highest BCUT2D eigenvalue weighted by molar-refractivity contribution is 6.30. The quantitative estimate of drug-likeness (QED) is 0.903. The van der Waals surface area contributed by atoms with Crippen molar-refractivity contribution in [1.29, 1.82) is 0 Å². The van der Waals surface area contributed by atoms with Gasteiger partial charge in [-0.05, 0) is 32.0 Å². The highest BCUT2D eigenvalue weighted by Gasteiger charge is 2.09. The van der Waals surface area contributed by atoms with Crippen LogP contribution in [0.25, 0.3) is 0 Å². The molecule has 0 radical (unpaired) electrons. The van der Waals surface area contributed by atoms with Crippen molar-refractivity contribution in [3.63, 3.8) is 0 Å². The predicted octanol–water partition coefficient (Wildman–Crippen LogP) is 3.51. The molecule has 0 unspecified atom stereocenters. The van der Waals surface area contributed by atoms with Crippen molar-refractivity contribution in [3.05, 3.63) is 41.2 Å². The number of hydrogen-bond acceptors (Lipinski definition) is 2. The van der Waals surface area contributed by atoms with E-state index in [-0.39, 0.29) is 6.03 Å². The zero-order valence-corrected chi connectivity index (χ0v) is 11.5. The van der Waals surface area contributed by atoms with Gasteiger partial charge >= 0.3 is 6.03 Å². The second-order valence-corrected chi connectivity index (χ2v) is 4.49. The van der Waals surface area contributed by atoms with Gasteiger partial charge in [-0.1, -0.05) is 17.7 Å². The van der Waals surface area contributed by atoms with Gasteiger partial charge in [0.2, 0.25) is 0 Å². The third kappa shape index (κ3) is 3.26. The highest BCUT2D eigenvalue weighted by Crippen LogP contribution is 2.16. The van der Waals surface area contributed by atoms with Crippen LogP contribution in [0.1, 0.15) is 12.6 Å². The maximum Gasteiger partial charge on any atom is 0.323 e. The second kappa shape index (κ2) is 5.75. The summed E-state index contributed by atoms with van der Waals surface area (Å²) in [5.41, 5.74) is 2.26. The number of anilines is 2. The molecule has 0 fully saturated rings. The van der Waals surface area contributed by atoms with Crippen molar-refractivity contribution in [2.75, 3.05) is 10.6 Å². The average molecular weight is 279 g/mol. The fourth-order valence-corrected chi connectivity index (χ4v) is 1.93. The van der Waals surface area contributed by atoms with Gasteiger partial charge < -0.3 is 10.6 Å². The standard InChI is InChI=1S/C13H15ClN4O/c1-3-18-9(2)12(8-15-18)17-13(19)16-11-6-4-5-10(14)7-11/h4-8H,3H2,1-2H3,(H2,16,17,19). The summed E-state index contributed by atoms with van der Waals surface area (Å²) >= 11 is 5.85. The van der Waals surface area contributed by atoms with Gasteiger partial charge in [0, 0.05) is 17.3 Å². The first-order valence-corrected chi connectivity index (χ1v) is 6.34. The van der Waals surface area contributed by atoms with E-state index in [0.717, 1.165) is 12.2 Å². The molecule has 1 aromatic carbocycles. The molecule has 0 saturated heterocycles. The molecule has 0 spiro atoms. The second-order valence-electron chi connectivity index (χ2n) is 4.05. The van der Waals surface area contributed by atoms with Gasteiger partial charge in [0.25, 0.3) is 0 Å². The molecule has 2 aromatic rings. The summed E-state index contributed by atoms with van der Waals surface area (Å²) in [6, 6.07) is 6.66. The van der Waals surface area contributed by atoms with Crippen LogP contribution in [-0.4, -0.2) is 15.8 Å². The molecule has 2 N–H and O–H groups in total. The molecule has 0 saturated carbocycles. The first-order valence-electron chi connectivity index (χ1n) is 5.96. The summed E-state index contributed by atoms with van der Waals surface area (Å²) in [7, 11) is 0. The van der Waals surface area contributed by atoms with Gasteiger partial charge in [-0.3, -0.25) is 4.68 Å². The Morgan fingerprint density at radius 3 is 2.84 bits per heavy atom. The average Bonchev–Trinajstić information content (AvgIpc) is 2.70. The highest BCUT2D eigenvalue weighted by atomic mass is 35.5. The number of aromatic nitrogens is 2. The zero-order valence-electron chi connectivity index (χ0n) is 10.8. The van der Waals surface area contributed by atoms with Gasteiger partial charge in [0.05, 0.1) is 17.6 Å². The Morgan fingerprint density at radius 1 is 1.42 bits per heavy atom. The lowest BCUT2D eigenvalue weighted by Gasteiger charge is -2.07. The maximum atomic E-state index is 11.8. The largest absolute Gasteiger partial charge is 0.323 e. The maximum absolute atomic E-state index is 11.8. The van der Waals surface area contributed by atoms with Crippen molar-refractivity contribution in [3.8, 4) is 0 Å². The van der Waals surface area contributed by atoms with Gasteiger partial charge in [-0.2, -0.15) is 5.10 Å². The van der Waals surface area contributed by atoms with Crippen molar-refractivity contribution >= 4 is 29.0 Å². The summed E-state index contributed by atoms with van der Waals surface area (Å²) in [4.78, 5) is 11.8. The van der Waals surface area contributed by atoms with Crippen molar-refractivity contribution in [2.45, 2.75) is 20.4 Å². The molecule has 0 aliphatic rings. The molecule has 5 nitrogen and oxygen atoms in total. The lowest BCUT2D eigenvalue weighted by Crippen LogP contribution is -2.19. The predicted molar refractivity (Wildman–Crippen MR) is 76.7 cm³/mol. The number of aryl methyl sites for hydroxylation is 1. The van der Waals surface area contributed by atoms with Crippen LogP contribution >= 0.6 is 11.6 Å². The third-order valence-electron chi connectivity index (χ3n) is 2.73. The lowest BCUT2D eigenvalue weighted by molar-refractivity contribution is 0.262. The number of amides is 2. The van der Waals surface area contributed by atoms with Crippen LogP contribution < -0.4 is 10.6 Å². The molecule has 0 aliphatic heterocycles. The van der Waals surface area contributed by atoms with E-state index in [2.05, 4.69) is 15.7 Å². The van der Waals surface area contributed by atoms with E-state index in [1.807, 2.05) is 18.5 Å². The number of benzene rings is 1. The van der Waals surface area contributed by atoms with Crippen LogP contribution in [0.15, 0.2) is 30.5 Å². The van der Waals surface area contributed by atoms with E-state index in [9.17, 15) is 4.79 Å². The number of urea groups is 1. The molecule has 100 valence electrons. The molecule has 19 heavy (non-hydrogen) atoms. The Kier molecular flexibility index (Phi) is 4.06. The fourth-order valence-electron chi connectivity index (χ4n) is 1.74. The van der Waals surface area contributed by atoms with Crippen LogP contribution in [0.2, 0.25) is 5.02 Å². The number of carbonyl (C=O) groups excluding carboxylic acids is 1. The molecule has 0 aliphatic carbocycles. The van der Waals surface area contributed by atoms with Crippen LogP contribution in [0.3, 0.4) is 0 Å². The molecule has 2 rings (SSSR count). The van der Waals surface area contributed by atoms with Crippen molar-refractivity contribution in [1.82, 2.24) is 9.78 Å². The molecule has 0 bridgehead atoms. The minimum absolute atomic E-state index is 0.319. The van der Waals surface area contributed by atoms with Gasteiger partial charge in [0.15, 0.2) is 0 Å². The Bertz CT molecular complexity index is 594. The first kappa shape index (κ1) is 13.4. The first-order chi connectivity index (χ1) is 9.10. The normalized spacial score (nSPS) is 10.3. The van der Waals surface area contributed by atoms with Crippen LogP contribution in [0.4, 0.5) is 16.2 Å². The van der Waals surface area contributed by atoms with Crippen molar-refractivity contribution < 1.29 is 4.79 Å². The van der Waals surface area contributed by atoms with E-state index in [0.29, 0.717) is 16.4 Å². The van der Waals surface area contributed by atoms with E-state index < -0.39 is 0 Å². The number of carbonyl (C=O) groups is 1. The molecular formula is C13H15ClN4O. The summed E-state index contributed by atoms with van der Waals surface area (Å²) < 4.78 is 1.81. The summed E-state index contributed by atoms with van der Waals surface area (Å²) in [5, 5.41) is 10.2. The number of hydrogen-bond donors (Lipinski definition) is 2. The van der Waals surface area contributed by atoms with Crippen LogP contribution in [-0.2, 0) is 6.54 Å². The fraction of sp³-hybridized carbons (Fsp3) is 0.231. The summed E-state index contributed by atoms with van der Waals surface area (Å²) in [6.45, 7) is 4.67. The van der Waals surface area contributed by atoms with E-state index in [1.165, 1.54) is 0 Å². The van der Waals surface area contributed by atoms with Crippen LogP contribution in [0.5, 0.6) is 0 Å². The monoisotopic (exact) mass is 278 g/mol. The topological polar surface area (TPSA) is 59.0 Å². The smallest absolute Gasteiger partial charge is 0.308 e. The number of halogens is 1. The van der Waals surface area contributed by atoms with Gasteiger partial charge in [-0.15, -0.1) is 0 Å². The number of rotatable bonds is 3. The Morgan fingerprint density at radius 2 is 2.21 bits per heavy atom. The Labute approximate surface area is 116 Å². The summed E-state index contributed by atoms with van der Waals surface area (Å²) in [6.07, 6.45) is 1.64.